The van der Waals surface area contributed by atoms with Gasteiger partial charge in [0.15, 0.2) is 15.6 Å². The normalized spacial score (nSPS) is 12.2. The fourth-order valence-corrected chi connectivity index (χ4v) is 6.71. The van der Waals surface area contributed by atoms with Gasteiger partial charge < -0.3 is 19.0 Å². The highest BCUT2D eigenvalue weighted by atomic mass is 32.2. The van der Waals surface area contributed by atoms with Crippen molar-refractivity contribution in [3.05, 3.63) is 107 Å². The molecule has 0 atom stereocenters. The molecule has 0 radical (unpaired) electrons. The number of hydrogen-bond donors (Lipinski definition) is 0. The minimum atomic E-state index is -3.75. The number of esters is 1. The molecule has 0 aliphatic carbocycles. The van der Waals surface area contributed by atoms with Gasteiger partial charge in [-0.15, -0.1) is 0 Å². The summed E-state index contributed by atoms with van der Waals surface area (Å²) in [7, 11) is -3.75. The van der Waals surface area contributed by atoms with Gasteiger partial charge in [0.2, 0.25) is 0 Å². The number of ketones is 1. The molecule has 0 saturated heterocycles. The van der Waals surface area contributed by atoms with Crippen LogP contribution in [-0.2, 0) is 38.6 Å². The summed E-state index contributed by atoms with van der Waals surface area (Å²) in [6.45, 7) is 8.60. The van der Waals surface area contributed by atoms with Crippen LogP contribution in [0, 0.1) is 6.92 Å². The number of nitrogens with zero attached hydrogens (tertiary/aromatic N) is 3. The first kappa shape index (κ1) is 36.3. The lowest BCUT2D eigenvalue weighted by Gasteiger charge is -2.11. The Morgan fingerprint density at radius 3 is 1.73 bits per heavy atom. The molecule has 13 heteroatoms. The highest BCUT2D eigenvalue weighted by molar-refractivity contribution is 7.91. The lowest BCUT2D eigenvalue weighted by molar-refractivity contribution is -0.141. The summed E-state index contributed by atoms with van der Waals surface area (Å²) in [4.78, 5) is 57.3. The third kappa shape index (κ3) is 8.10. The third-order valence-electron chi connectivity index (χ3n) is 8.07. The Kier molecular flexibility index (Phi) is 10.6. The maximum absolute atomic E-state index is 13.9. The van der Waals surface area contributed by atoms with Gasteiger partial charge in [0, 0.05) is 48.4 Å². The minimum Gasteiger partial charge on any atom is -0.465 e. The summed E-state index contributed by atoms with van der Waals surface area (Å²) in [5.41, 5.74) is 6.11. The number of carbonyl (C=O) groups is 4. The van der Waals surface area contributed by atoms with Crippen molar-refractivity contribution < 1.29 is 42.0 Å². The van der Waals surface area contributed by atoms with Crippen LogP contribution in [0.4, 0.5) is 0 Å². The largest absolute Gasteiger partial charge is 0.465 e. The zero-order chi connectivity index (χ0) is 37.0. The highest BCUT2D eigenvalue weighted by Crippen LogP contribution is 2.34. The van der Waals surface area contributed by atoms with E-state index in [9.17, 15) is 27.6 Å². The lowest BCUT2D eigenvalue weighted by atomic mass is 9.97. The van der Waals surface area contributed by atoms with Gasteiger partial charge in [-0.3, -0.25) is 9.59 Å². The van der Waals surface area contributed by atoms with Crippen LogP contribution in [0.1, 0.15) is 67.2 Å². The second-order valence-corrected chi connectivity index (χ2v) is 13.9. The molecule has 0 saturated carbocycles. The van der Waals surface area contributed by atoms with E-state index < -0.39 is 27.7 Å². The van der Waals surface area contributed by atoms with E-state index in [-0.39, 0.29) is 23.0 Å². The second kappa shape index (κ2) is 14.9. The average molecular weight is 710 g/mol. The quantitative estimate of drug-likeness (QED) is 0.0509. The number of carbonyl (C=O) groups excluding carboxylic acids is 4. The Balaban J connectivity index is 1.59. The Hall–Kier alpha value is -5.95. The standard InChI is InChI=1S/C38H35N3O9S/c1-22-19-32(51(46,47)18-17-48-25(4)42)13-14-33(22)38(45)30-10-16-37-35(21-30)34-20-29(24(3)40-50-27(6)44)9-15-36(34)41(37)31-11-7-28(8-12-31)23(2)39-49-26(5)43/h7-16,19-21H,17-18H2,1-6H3/b39-23-,40-24-. The molecule has 4 aromatic carbocycles. The average Bonchev–Trinajstić information content (AvgIpc) is 3.41. The first-order valence-electron chi connectivity index (χ1n) is 15.8. The second-order valence-electron chi connectivity index (χ2n) is 11.8. The van der Waals surface area contributed by atoms with Gasteiger partial charge in [0.05, 0.1) is 33.1 Å². The van der Waals surface area contributed by atoms with E-state index in [0.717, 1.165) is 33.1 Å². The Bertz CT molecular complexity index is 2390. The SMILES string of the molecule is CC(=O)OCCS(=O)(=O)c1ccc(C(=O)c2ccc3c(c2)c2cc(/C(C)=N\OC(C)=O)ccc2n3-c2ccc(/C(C)=N\OC(C)=O)cc2)c(C)c1. The Morgan fingerprint density at radius 1 is 0.647 bits per heavy atom. The number of sulfone groups is 1. The van der Waals surface area contributed by atoms with E-state index in [1.165, 1.54) is 39.0 Å². The summed E-state index contributed by atoms with van der Waals surface area (Å²) in [5.74, 6) is -2.31. The predicted octanol–water partition coefficient (Wildman–Crippen LogP) is 6.23. The predicted molar refractivity (Wildman–Crippen MR) is 192 cm³/mol. The molecule has 5 aromatic rings. The number of rotatable bonds is 11. The van der Waals surface area contributed by atoms with Crippen LogP contribution in [0.25, 0.3) is 27.5 Å². The van der Waals surface area contributed by atoms with Gasteiger partial charge >= 0.3 is 17.9 Å². The van der Waals surface area contributed by atoms with Crippen molar-refractivity contribution in [2.75, 3.05) is 12.4 Å². The zero-order valence-corrected chi connectivity index (χ0v) is 29.7. The number of aryl methyl sites for hydroxylation is 1. The van der Waals surface area contributed by atoms with E-state index in [4.69, 9.17) is 14.4 Å². The Morgan fingerprint density at radius 2 is 1.18 bits per heavy atom. The smallest absolute Gasteiger partial charge is 0.331 e. The van der Waals surface area contributed by atoms with Crippen LogP contribution in [0.3, 0.4) is 0 Å². The van der Waals surface area contributed by atoms with Gasteiger partial charge in [0.25, 0.3) is 0 Å². The summed E-state index contributed by atoms with van der Waals surface area (Å²) < 4.78 is 32.5. The van der Waals surface area contributed by atoms with Gasteiger partial charge in [0.1, 0.15) is 6.61 Å². The van der Waals surface area contributed by atoms with Crippen LogP contribution < -0.4 is 0 Å². The van der Waals surface area contributed by atoms with Crippen molar-refractivity contribution in [2.24, 2.45) is 10.3 Å². The molecule has 0 spiro atoms. The molecule has 12 nitrogen and oxygen atoms in total. The fourth-order valence-electron chi connectivity index (χ4n) is 5.54. The van der Waals surface area contributed by atoms with Crippen LogP contribution in [0.5, 0.6) is 0 Å². The number of oxime groups is 2. The maximum Gasteiger partial charge on any atom is 0.331 e. The zero-order valence-electron chi connectivity index (χ0n) is 28.8. The molecule has 0 N–H and O–H groups in total. The van der Waals surface area contributed by atoms with E-state index in [0.29, 0.717) is 33.7 Å². The van der Waals surface area contributed by atoms with E-state index in [2.05, 4.69) is 10.3 Å². The first-order chi connectivity index (χ1) is 24.2. The molecule has 1 heterocycles. The van der Waals surface area contributed by atoms with Crippen molar-refractivity contribution >= 4 is 66.8 Å². The van der Waals surface area contributed by atoms with Gasteiger partial charge in [-0.05, 0) is 98.1 Å². The van der Waals surface area contributed by atoms with Crippen molar-refractivity contribution in [3.63, 3.8) is 0 Å². The van der Waals surface area contributed by atoms with Gasteiger partial charge in [-0.1, -0.05) is 28.5 Å². The number of fused-ring (bicyclic) bond motifs is 3. The van der Waals surface area contributed by atoms with Gasteiger partial charge in [-0.25, -0.2) is 18.0 Å². The molecule has 0 aliphatic rings. The summed E-state index contributed by atoms with van der Waals surface area (Å²) in [5, 5.41) is 9.37. The molecule has 51 heavy (non-hydrogen) atoms. The minimum absolute atomic E-state index is 0.0272. The van der Waals surface area contributed by atoms with E-state index in [1.54, 1.807) is 32.9 Å². The topological polar surface area (TPSA) is 160 Å². The summed E-state index contributed by atoms with van der Waals surface area (Å²) >= 11 is 0. The Labute approximate surface area is 294 Å². The maximum atomic E-state index is 13.9. The number of ether oxygens (including phenoxy) is 1. The van der Waals surface area contributed by atoms with E-state index in [1.807, 2.05) is 53.1 Å². The third-order valence-corrected chi connectivity index (χ3v) is 9.75. The summed E-state index contributed by atoms with van der Waals surface area (Å²) in [6, 6.07) is 22.9. The van der Waals surface area contributed by atoms with Crippen LogP contribution in [-0.4, -0.2) is 60.5 Å². The molecule has 262 valence electrons. The van der Waals surface area contributed by atoms with Crippen molar-refractivity contribution in [1.29, 1.82) is 0 Å². The lowest BCUT2D eigenvalue weighted by Crippen LogP contribution is -2.15. The van der Waals surface area contributed by atoms with Crippen molar-refractivity contribution in [3.8, 4) is 5.69 Å². The number of aromatic nitrogens is 1. The molecule has 0 aliphatic heterocycles. The van der Waals surface area contributed by atoms with Crippen LogP contribution in [0.15, 0.2) is 94.1 Å². The van der Waals surface area contributed by atoms with Crippen LogP contribution >= 0.6 is 0 Å². The van der Waals surface area contributed by atoms with Gasteiger partial charge in [-0.2, -0.15) is 0 Å². The fraction of sp³-hybridized carbons (Fsp3) is 0.211. The monoisotopic (exact) mass is 709 g/mol. The number of hydrogen-bond acceptors (Lipinski definition) is 11. The first-order valence-corrected chi connectivity index (χ1v) is 17.5. The molecular weight excluding hydrogens is 674 g/mol. The molecule has 0 amide bonds. The highest BCUT2D eigenvalue weighted by Gasteiger charge is 2.21. The molecule has 0 fully saturated rings. The summed E-state index contributed by atoms with van der Waals surface area (Å²) in [6.07, 6.45) is 0. The molecule has 5 rings (SSSR count). The van der Waals surface area contributed by atoms with E-state index >= 15 is 0 Å². The molecule has 0 bridgehead atoms. The number of benzene rings is 4. The molecular formula is C38H35N3O9S. The van der Waals surface area contributed by atoms with Crippen molar-refractivity contribution in [2.45, 2.75) is 46.4 Å². The van der Waals surface area contributed by atoms with Crippen LogP contribution in [0.2, 0.25) is 0 Å². The molecule has 1 aromatic heterocycles. The molecule has 0 unspecified atom stereocenters. The van der Waals surface area contributed by atoms with Crippen molar-refractivity contribution in [1.82, 2.24) is 4.57 Å².